The van der Waals surface area contributed by atoms with Crippen molar-refractivity contribution in [2.75, 3.05) is 16.6 Å². The first-order valence-electron chi connectivity index (χ1n) is 9.76. The molecule has 0 radical (unpaired) electrons. The van der Waals surface area contributed by atoms with Gasteiger partial charge in [0.05, 0.1) is 17.5 Å². The van der Waals surface area contributed by atoms with E-state index in [1.165, 1.54) is 4.31 Å². The van der Waals surface area contributed by atoms with Crippen molar-refractivity contribution in [3.05, 3.63) is 65.2 Å². The van der Waals surface area contributed by atoms with E-state index < -0.39 is 10.0 Å². The summed E-state index contributed by atoms with van der Waals surface area (Å²) >= 11 is 0. The second-order valence-electron chi connectivity index (χ2n) is 7.70. The molecule has 0 unspecified atom stereocenters. The number of carbonyl (C=O) groups is 1. The van der Waals surface area contributed by atoms with Crippen molar-refractivity contribution in [3.8, 4) is 0 Å². The van der Waals surface area contributed by atoms with E-state index in [1.807, 2.05) is 31.2 Å². The molecule has 28 heavy (non-hydrogen) atoms. The molecular weight excluding hydrogens is 372 g/mol. The molecule has 0 aromatic heterocycles. The van der Waals surface area contributed by atoms with Crippen molar-refractivity contribution in [2.24, 2.45) is 5.92 Å². The number of anilines is 1. The topological polar surface area (TPSA) is 66.5 Å². The van der Waals surface area contributed by atoms with E-state index in [0.29, 0.717) is 24.2 Å². The SMILES string of the molecule is Cc1ccccc1[C@@H](NC(=O)c1cccc(N2CCCCS2(=O)=O)c1)C(C)C. The molecule has 1 aliphatic rings. The molecule has 3 rings (SSSR count). The second-order valence-corrected chi connectivity index (χ2v) is 9.71. The van der Waals surface area contributed by atoms with Crippen molar-refractivity contribution in [3.63, 3.8) is 0 Å². The summed E-state index contributed by atoms with van der Waals surface area (Å²) in [6.07, 6.45) is 1.52. The van der Waals surface area contributed by atoms with Gasteiger partial charge in [0.25, 0.3) is 5.91 Å². The van der Waals surface area contributed by atoms with E-state index in [-0.39, 0.29) is 23.6 Å². The van der Waals surface area contributed by atoms with Gasteiger partial charge in [-0.1, -0.05) is 44.2 Å². The highest BCUT2D eigenvalue weighted by molar-refractivity contribution is 7.92. The summed E-state index contributed by atoms with van der Waals surface area (Å²) in [7, 11) is -3.30. The lowest BCUT2D eigenvalue weighted by atomic mass is 9.92. The van der Waals surface area contributed by atoms with E-state index in [4.69, 9.17) is 0 Å². The largest absolute Gasteiger partial charge is 0.345 e. The van der Waals surface area contributed by atoms with Crippen LogP contribution in [0.2, 0.25) is 0 Å². The average Bonchev–Trinajstić information content (AvgIpc) is 2.66. The van der Waals surface area contributed by atoms with Crippen LogP contribution in [-0.2, 0) is 10.0 Å². The Morgan fingerprint density at radius 3 is 2.50 bits per heavy atom. The lowest BCUT2D eigenvalue weighted by molar-refractivity contribution is 0.0925. The summed E-state index contributed by atoms with van der Waals surface area (Å²) in [5.41, 5.74) is 3.26. The maximum Gasteiger partial charge on any atom is 0.251 e. The normalized spacial score (nSPS) is 17.4. The smallest absolute Gasteiger partial charge is 0.251 e. The van der Waals surface area contributed by atoms with Crippen molar-refractivity contribution >= 4 is 21.6 Å². The van der Waals surface area contributed by atoms with Gasteiger partial charge in [-0.25, -0.2) is 8.42 Å². The number of hydrogen-bond acceptors (Lipinski definition) is 3. The Kier molecular flexibility index (Phi) is 6.08. The third kappa shape index (κ3) is 4.38. The summed E-state index contributed by atoms with van der Waals surface area (Å²) in [4.78, 5) is 13.0. The van der Waals surface area contributed by atoms with Crippen LogP contribution in [0.4, 0.5) is 5.69 Å². The molecule has 0 saturated carbocycles. The van der Waals surface area contributed by atoms with Gasteiger partial charge in [-0.2, -0.15) is 0 Å². The fourth-order valence-electron chi connectivity index (χ4n) is 3.64. The summed E-state index contributed by atoms with van der Waals surface area (Å²) in [5.74, 6) is 0.181. The van der Waals surface area contributed by atoms with Crippen LogP contribution in [-0.4, -0.2) is 26.6 Å². The number of hydrogen-bond donors (Lipinski definition) is 1. The Balaban J connectivity index is 1.85. The standard InChI is InChI=1S/C22H28N2O3S/c1-16(2)21(20-12-5-4-9-17(20)3)23-22(25)18-10-8-11-19(15-18)24-13-6-7-14-28(24,26)27/h4-5,8-12,15-16,21H,6-7,13-14H2,1-3H3,(H,23,25)/t21-/m0/s1. The maximum absolute atomic E-state index is 13.0. The third-order valence-electron chi connectivity index (χ3n) is 5.22. The molecule has 150 valence electrons. The summed E-state index contributed by atoms with van der Waals surface area (Å²) in [6.45, 7) is 6.66. The molecule has 1 atom stereocenters. The minimum atomic E-state index is -3.30. The monoisotopic (exact) mass is 400 g/mol. The molecule has 1 heterocycles. The molecule has 1 saturated heterocycles. The van der Waals surface area contributed by atoms with Crippen molar-refractivity contribution in [1.29, 1.82) is 0 Å². The predicted octanol–water partition coefficient (Wildman–Crippen LogP) is 4.05. The molecule has 6 heteroatoms. The fourth-order valence-corrected chi connectivity index (χ4v) is 5.28. The second kappa shape index (κ2) is 8.35. The van der Waals surface area contributed by atoms with Crippen molar-refractivity contribution < 1.29 is 13.2 Å². The molecule has 5 nitrogen and oxygen atoms in total. The van der Waals surface area contributed by atoms with Crippen LogP contribution in [0.25, 0.3) is 0 Å². The van der Waals surface area contributed by atoms with Crippen LogP contribution in [0.15, 0.2) is 48.5 Å². The number of benzene rings is 2. The molecule has 1 fully saturated rings. The summed E-state index contributed by atoms with van der Waals surface area (Å²) in [5, 5.41) is 3.13. The number of sulfonamides is 1. The van der Waals surface area contributed by atoms with Gasteiger partial charge in [0.15, 0.2) is 0 Å². The minimum absolute atomic E-state index is 0.115. The Bertz CT molecular complexity index is 954. The Hall–Kier alpha value is -2.34. The van der Waals surface area contributed by atoms with Crippen LogP contribution < -0.4 is 9.62 Å². The van der Waals surface area contributed by atoms with Crippen LogP contribution in [0, 0.1) is 12.8 Å². The zero-order valence-electron chi connectivity index (χ0n) is 16.7. The highest BCUT2D eigenvalue weighted by Gasteiger charge is 2.27. The van der Waals surface area contributed by atoms with Gasteiger partial charge in [0.2, 0.25) is 10.0 Å². The molecule has 1 aliphatic heterocycles. The number of amides is 1. The molecule has 1 amide bonds. The maximum atomic E-state index is 13.0. The first-order chi connectivity index (χ1) is 13.3. The van der Waals surface area contributed by atoms with Gasteiger partial charge < -0.3 is 5.32 Å². The molecule has 2 aromatic carbocycles. The van der Waals surface area contributed by atoms with Gasteiger partial charge in [0, 0.05) is 12.1 Å². The van der Waals surface area contributed by atoms with Crippen LogP contribution in [0.1, 0.15) is 54.2 Å². The van der Waals surface area contributed by atoms with Gasteiger partial charge in [-0.05, 0) is 55.0 Å². The molecule has 0 spiro atoms. The third-order valence-corrected chi connectivity index (χ3v) is 7.09. The van der Waals surface area contributed by atoms with Crippen molar-refractivity contribution in [2.45, 2.75) is 39.7 Å². The number of aryl methyl sites for hydroxylation is 1. The van der Waals surface area contributed by atoms with Gasteiger partial charge in [0.1, 0.15) is 0 Å². The van der Waals surface area contributed by atoms with Crippen LogP contribution >= 0.6 is 0 Å². The molecule has 2 aromatic rings. The lowest BCUT2D eigenvalue weighted by Crippen LogP contribution is -2.38. The van der Waals surface area contributed by atoms with E-state index in [9.17, 15) is 13.2 Å². The zero-order chi connectivity index (χ0) is 20.3. The van der Waals surface area contributed by atoms with E-state index in [0.717, 1.165) is 17.5 Å². The molecule has 1 N–H and O–H groups in total. The highest BCUT2D eigenvalue weighted by atomic mass is 32.2. The lowest BCUT2D eigenvalue weighted by Gasteiger charge is -2.29. The number of rotatable bonds is 5. The summed E-state index contributed by atoms with van der Waals surface area (Å²) < 4.78 is 26.2. The fraction of sp³-hybridized carbons (Fsp3) is 0.409. The Morgan fingerprint density at radius 1 is 1.07 bits per heavy atom. The summed E-state index contributed by atoms with van der Waals surface area (Å²) in [6, 6.07) is 14.8. The molecule has 0 bridgehead atoms. The van der Waals surface area contributed by atoms with E-state index >= 15 is 0 Å². The Labute approximate surface area is 167 Å². The number of nitrogens with one attached hydrogen (secondary N) is 1. The predicted molar refractivity (Wildman–Crippen MR) is 113 cm³/mol. The Morgan fingerprint density at radius 2 is 1.82 bits per heavy atom. The van der Waals surface area contributed by atoms with Gasteiger partial charge >= 0.3 is 0 Å². The number of nitrogens with zero attached hydrogens (tertiary/aromatic N) is 1. The quantitative estimate of drug-likeness (QED) is 0.823. The van der Waals surface area contributed by atoms with Crippen molar-refractivity contribution in [1.82, 2.24) is 5.32 Å². The molecular formula is C22H28N2O3S. The minimum Gasteiger partial charge on any atom is -0.345 e. The zero-order valence-corrected chi connectivity index (χ0v) is 17.5. The van der Waals surface area contributed by atoms with Gasteiger partial charge in [-0.3, -0.25) is 9.10 Å². The first kappa shape index (κ1) is 20.4. The van der Waals surface area contributed by atoms with Gasteiger partial charge in [-0.15, -0.1) is 0 Å². The average molecular weight is 401 g/mol. The van der Waals surface area contributed by atoms with E-state index in [2.05, 4.69) is 19.2 Å². The van der Waals surface area contributed by atoms with E-state index in [1.54, 1.807) is 24.3 Å². The molecule has 0 aliphatic carbocycles. The van der Waals surface area contributed by atoms with Crippen LogP contribution in [0.3, 0.4) is 0 Å². The number of carbonyl (C=O) groups excluding carboxylic acids is 1. The highest BCUT2D eigenvalue weighted by Crippen LogP contribution is 2.27. The van der Waals surface area contributed by atoms with Crippen LogP contribution in [0.5, 0.6) is 0 Å². The first-order valence-corrected chi connectivity index (χ1v) is 11.4.